The molecule has 0 fully saturated rings. The first-order valence-electron chi connectivity index (χ1n) is 15.9. The van der Waals surface area contributed by atoms with Gasteiger partial charge in [-0.1, -0.05) is 11.3 Å². The van der Waals surface area contributed by atoms with E-state index in [-0.39, 0.29) is 142 Å². The van der Waals surface area contributed by atoms with Gasteiger partial charge in [0.1, 0.15) is 75.9 Å². The molecule has 3 aromatic carbocycles. The van der Waals surface area contributed by atoms with E-state index >= 15 is 0 Å². The molecule has 0 aliphatic heterocycles. The van der Waals surface area contributed by atoms with Gasteiger partial charge in [-0.15, -0.1) is 14.9 Å². The summed E-state index contributed by atoms with van der Waals surface area (Å²) < 4.78 is 140. The summed E-state index contributed by atoms with van der Waals surface area (Å²) >= 11 is 0.807. The predicted octanol–water partition coefficient (Wildman–Crippen LogP) is -7.28. The van der Waals surface area contributed by atoms with Gasteiger partial charge in [0.15, 0.2) is 16.6 Å². The van der Waals surface area contributed by atoms with Crippen LogP contribution in [0.1, 0.15) is 16.7 Å². The first-order valence-corrected chi connectivity index (χ1v) is 22.4. The third-order valence-electron chi connectivity index (χ3n) is 8.02. The number of thiophene rings is 1. The van der Waals surface area contributed by atoms with Gasteiger partial charge in [-0.05, 0) is 73.7 Å². The van der Waals surface area contributed by atoms with Crippen LogP contribution in [0.15, 0.2) is 125 Å². The molecule has 0 aliphatic carbocycles. The summed E-state index contributed by atoms with van der Waals surface area (Å²) in [4.78, 5) is 1.52. The van der Waals surface area contributed by atoms with Crippen LogP contribution in [0.2, 0.25) is 0 Å². The van der Waals surface area contributed by atoms with Crippen LogP contribution in [0.25, 0.3) is 10.8 Å². The van der Waals surface area contributed by atoms with E-state index in [9.17, 15) is 62.4 Å². The van der Waals surface area contributed by atoms with Crippen LogP contribution in [-0.4, -0.2) is 56.9 Å². The number of anilines is 4. The molecule has 0 saturated carbocycles. The molecule has 0 atom stereocenters. The molecule has 6 aromatic rings. The normalized spacial score (nSPS) is 11.7. The number of azo groups is 1. The summed E-state index contributed by atoms with van der Waals surface area (Å²) in [5.41, 5.74) is 0.409. The number of nitrogens with one attached hydrogen (secondary N) is 2. The molecular formula is C33H19Li4N10O12S5+. The zero-order valence-corrected chi connectivity index (χ0v) is 37.7. The van der Waals surface area contributed by atoms with E-state index < -0.39 is 60.1 Å². The summed E-state index contributed by atoms with van der Waals surface area (Å²) in [5, 5.41) is 41.9. The fourth-order valence-corrected chi connectivity index (χ4v) is 8.25. The van der Waals surface area contributed by atoms with E-state index in [2.05, 4.69) is 36.2 Å². The van der Waals surface area contributed by atoms with E-state index in [1.54, 1.807) is 0 Å². The summed E-state index contributed by atoms with van der Waals surface area (Å²) in [6.45, 7) is 1.48. The zero-order valence-electron chi connectivity index (χ0n) is 33.6. The quantitative estimate of drug-likeness (QED) is 0.0498. The summed E-state index contributed by atoms with van der Waals surface area (Å²) in [7, 11) is -19.9. The van der Waals surface area contributed by atoms with Crippen LogP contribution in [-0.2, 0) is 40.5 Å². The van der Waals surface area contributed by atoms with Crippen LogP contribution in [0.3, 0.4) is 0 Å². The van der Waals surface area contributed by atoms with Crippen molar-refractivity contribution in [3.63, 3.8) is 0 Å². The van der Waals surface area contributed by atoms with Crippen molar-refractivity contribution in [2.45, 2.75) is 26.5 Å². The van der Waals surface area contributed by atoms with E-state index in [0.29, 0.717) is 6.07 Å². The van der Waals surface area contributed by atoms with Crippen molar-refractivity contribution in [1.82, 2.24) is 4.98 Å². The van der Waals surface area contributed by atoms with Gasteiger partial charge < -0.3 is 28.8 Å². The number of nitrogens with zero attached hydrogens (tertiary/aromatic N) is 8. The number of hydrogen-bond acceptors (Lipinski definition) is 22. The third kappa shape index (κ3) is 13.2. The van der Waals surface area contributed by atoms with Crippen molar-refractivity contribution < 1.29 is 132 Å². The Balaban J connectivity index is 0.00000352. The number of aromatic nitrogens is 2. The maximum absolute atomic E-state index is 11.8. The molecule has 3 heterocycles. The largest absolute Gasteiger partial charge is 1.00 e. The second-order valence-corrected chi connectivity index (χ2v) is 18.4. The molecule has 0 spiro atoms. The third-order valence-corrected chi connectivity index (χ3v) is 12.3. The van der Waals surface area contributed by atoms with Crippen molar-refractivity contribution in [2.24, 2.45) is 20.6 Å². The molecule has 0 amide bonds. The Morgan fingerprint density at radius 2 is 1.19 bits per heavy atom. The fourth-order valence-electron chi connectivity index (χ4n) is 5.23. The molecule has 0 saturated heterocycles. The molecule has 22 nitrogen and oxygen atoms in total. The van der Waals surface area contributed by atoms with Crippen LogP contribution in [0.4, 0.5) is 38.7 Å². The van der Waals surface area contributed by atoms with Gasteiger partial charge in [-0.3, -0.25) is 0 Å². The number of pyridine rings is 2. The SMILES string of the molecule is Cc1c(C#N)c(Nc2ccc(S(=O)(=O)[O-])cc2)nc(Nc2ccc(S(=O)(=O)[O-])cc2)c1N=Nc1sc(N=N[n+]2ccc3c(S(=O)(=O)[O-])cc(S(=O)(=O)[O-])cc3c2)cc1C#N.[Li+].[Li+].[Li+].[Li+]. The fraction of sp³-hybridized carbons (Fsp3) is 0.0303. The molecule has 0 aliphatic rings. The number of rotatable bonds is 12. The van der Waals surface area contributed by atoms with Gasteiger partial charge in [0, 0.05) is 33.8 Å². The molecule has 6 rings (SSSR count). The smallest absolute Gasteiger partial charge is 0.744 e. The molecule has 31 heteroatoms. The van der Waals surface area contributed by atoms with Gasteiger partial charge in [0.2, 0.25) is 0 Å². The Morgan fingerprint density at radius 1 is 0.656 bits per heavy atom. The zero-order chi connectivity index (χ0) is 43.8. The molecule has 306 valence electrons. The van der Waals surface area contributed by atoms with E-state index in [0.717, 1.165) is 58.6 Å². The number of hydrogen-bond donors (Lipinski definition) is 2. The van der Waals surface area contributed by atoms with Crippen LogP contribution in [0.5, 0.6) is 0 Å². The Bertz CT molecular complexity index is 3370. The summed E-state index contributed by atoms with van der Waals surface area (Å²) in [5.74, 6) is -0.162. The molecule has 0 radical (unpaired) electrons. The van der Waals surface area contributed by atoms with E-state index in [1.807, 2.05) is 12.1 Å². The minimum atomic E-state index is -5.21. The number of nitriles is 2. The van der Waals surface area contributed by atoms with Crippen molar-refractivity contribution in [3.05, 3.63) is 102 Å². The van der Waals surface area contributed by atoms with Crippen LogP contribution >= 0.6 is 11.3 Å². The average Bonchev–Trinajstić information content (AvgIpc) is 3.57. The molecule has 3 aromatic heterocycles. The monoisotopic (exact) mass is 935 g/mol. The van der Waals surface area contributed by atoms with Crippen molar-refractivity contribution in [2.75, 3.05) is 10.6 Å². The van der Waals surface area contributed by atoms with Crippen LogP contribution < -0.4 is 90.8 Å². The van der Waals surface area contributed by atoms with Crippen molar-refractivity contribution >= 4 is 101 Å². The first kappa shape index (κ1) is 55.9. The second kappa shape index (κ2) is 21.8. The standard InChI is InChI=1S/C33H22N10O12S5.4Li/c1-18-27(16-35)31(36-21-2-6-23(7-3-21)57(44,45)46)38-32(37-22-4-8-24(9-5-22)58(47,48)49)30(18)40-41-33-19(15-34)13-29(56-33)39-42-43-11-10-26-20(17-43)12-25(59(50,51)52)14-28(26)60(53,54)55;;;;/h2-14,17H,1H3,(H5-,36,37,38,44,45,46,47,48,49,50,51,52,53,54,55);;;;/q;4*+1/p-3. The first-order chi connectivity index (χ1) is 28.0. The maximum Gasteiger partial charge on any atom is 1.00 e. The molecule has 2 N–H and O–H groups in total. The Hall–Kier alpha value is -4.27. The number of fused-ring (bicyclic) bond motifs is 1. The maximum atomic E-state index is 11.8. The van der Waals surface area contributed by atoms with Crippen LogP contribution in [0, 0.1) is 29.6 Å². The molecular weight excluding hydrogens is 917 g/mol. The summed E-state index contributed by atoms with van der Waals surface area (Å²) in [6.07, 6.45) is 2.27. The molecule has 0 bridgehead atoms. The van der Waals surface area contributed by atoms with Gasteiger partial charge in [-0.2, -0.15) is 10.5 Å². The minimum Gasteiger partial charge on any atom is -0.744 e. The minimum absolute atomic E-state index is 0. The second-order valence-electron chi connectivity index (χ2n) is 11.9. The van der Waals surface area contributed by atoms with Crippen molar-refractivity contribution in [3.8, 4) is 12.1 Å². The number of benzene rings is 3. The predicted molar refractivity (Wildman–Crippen MR) is 202 cm³/mol. The van der Waals surface area contributed by atoms with Gasteiger partial charge >= 0.3 is 75.4 Å². The summed E-state index contributed by atoms with van der Waals surface area (Å²) in [6, 6.07) is 16.8. The molecule has 64 heavy (non-hydrogen) atoms. The van der Waals surface area contributed by atoms with Gasteiger partial charge in [0.25, 0.3) is 5.00 Å². The molecule has 0 unspecified atom stereocenters. The topological polar surface area (TPSA) is 367 Å². The van der Waals surface area contributed by atoms with Crippen molar-refractivity contribution in [1.29, 1.82) is 10.5 Å². The van der Waals surface area contributed by atoms with E-state index in [1.165, 1.54) is 43.5 Å². The van der Waals surface area contributed by atoms with Gasteiger partial charge in [0.05, 0.1) is 35.8 Å². The Morgan fingerprint density at radius 3 is 1.67 bits per heavy atom. The Labute approximate surface area is 416 Å². The Kier molecular flexibility index (Phi) is 19.0. The average molecular weight is 936 g/mol. The van der Waals surface area contributed by atoms with E-state index in [4.69, 9.17) is 0 Å². The van der Waals surface area contributed by atoms with Gasteiger partial charge in [-0.25, -0.2) is 38.7 Å².